The average molecular weight is 775 g/mol. The highest BCUT2D eigenvalue weighted by atomic mass is 19.4. The Labute approximate surface area is 324 Å². The Morgan fingerprint density at radius 2 is 1.73 bits per heavy atom. The Morgan fingerprint density at radius 3 is 2.45 bits per heavy atom. The van der Waals surface area contributed by atoms with E-state index >= 15 is 0 Å². The lowest BCUT2D eigenvalue weighted by molar-refractivity contribution is -0.141. The maximum Gasteiger partial charge on any atom is 0.433 e. The van der Waals surface area contributed by atoms with Crippen LogP contribution in [0, 0.1) is 5.92 Å². The number of rotatable bonds is 11. The molecule has 298 valence electrons. The number of pyridine rings is 2. The zero-order valence-electron chi connectivity index (χ0n) is 31.9. The molecule has 4 aromatic rings. The molecule has 56 heavy (non-hydrogen) atoms. The SMILES string of the molecule is CC(C)Oc1cc2nc([C@H]3CC[C@H](CN(C)C4CCN(c5cccc(NC6CCC(=O)NC6=O)c5)CC4)CC3)cn2cc1NC(=O)c1cccc(C(F)(F)F)n1. The highest BCUT2D eigenvalue weighted by molar-refractivity contribution is 6.04. The minimum absolute atomic E-state index is 0.219. The van der Waals surface area contributed by atoms with Crippen LogP contribution in [0.3, 0.4) is 0 Å². The summed E-state index contributed by atoms with van der Waals surface area (Å²) in [6.07, 6.45) is 5.98. The van der Waals surface area contributed by atoms with Crippen LogP contribution < -0.4 is 25.6 Å². The van der Waals surface area contributed by atoms with E-state index in [9.17, 15) is 27.6 Å². The first-order valence-corrected chi connectivity index (χ1v) is 19.5. The summed E-state index contributed by atoms with van der Waals surface area (Å²) in [6.45, 7) is 6.66. The molecule has 5 heterocycles. The zero-order chi connectivity index (χ0) is 39.6. The fourth-order valence-electron chi connectivity index (χ4n) is 8.17. The molecule has 2 aliphatic heterocycles. The number of imidazole rings is 1. The first-order valence-electron chi connectivity index (χ1n) is 19.5. The van der Waals surface area contributed by atoms with Crippen LogP contribution in [0.15, 0.2) is 60.9 Å². The molecule has 0 spiro atoms. The van der Waals surface area contributed by atoms with Gasteiger partial charge in [-0.3, -0.25) is 19.7 Å². The molecule has 1 unspecified atom stereocenters. The number of nitrogens with one attached hydrogen (secondary N) is 3. The van der Waals surface area contributed by atoms with E-state index in [-0.39, 0.29) is 23.6 Å². The largest absolute Gasteiger partial charge is 0.489 e. The maximum atomic E-state index is 13.2. The van der Waals surface area contributed by atoms with Gasteiger partial charge in [0.15, 0.2) is 0 Å². The van der Waals surface area contributed by atoms with E-state index in [0.29, 0.717) is 47.8 Å². The first kappa shape index (κ1) is 39.1. The lowest BCUT2D eigenvalue weighted by atomic mass is 9.80. The van der Waals surface area contributed by atoms with Crippen molar-refractivity contribution in [3.8, 4) is 5.75 Å². The van der Waals surface area contributed by atoms with Gasteiger partial charge in [-0.05, 0) is 102 Å². The number of fused-ring (bicyclic) bond motifs is 1. The topological polar surface area (TPSA) is 133 Å². The normalized spacial score (nSPS) is 21.1. The summed E-state index contributed by atoms with van der Waals surface area (Å²) in [5.74, 6) is -0.00466. The van der Waals surface area contributed by atoms with Gasteiger partial charge in [-0.1, -0.05) is 12.1 Å². The first-order chi connectivity index (χ1) is 26.8. The maximum absolute atomic E-state index is 13.2. The summed E-state index contributed by atoms with van der Waals surface area (Å²) >= 11 is 0. The summed E-state index contributed by atoms with van der Waals surface area (Å²) in [7, 11) is 2.25. The van der Waals surface area contributed by atoms with E-state index in [4.69, 9.17) is 9.72 Å². The Hall–Kier alpha value is -5.18. The van der Waals surface area contributed by atoms with Crippen molar-refractivity contribution in [2.75, 3.05) is 42.2 Å². The second kappa shape index (κ2) is 16.5. The highest BCUT2D eigenvalue weighted by Gasteiger charge is 2.33. The third kappa shape index (κ3) is 9.26. The van der Waals surface area contributed by atoms with Crippen LogP contribution in [-0.2, 0) is 15.8 Å². The summed E-state index contributed by atoms with van der Waals surface area (Å²) in [4.78, 5) is 50.2. The number of piperidine rings is 2. The van der Waals surface area contributed by atoms with Crippen molar-refractivity contribution in [1.82, 2.24) is 24.6 Å². The number of hydrogen-bond donors (Lipinski definition) is 3. The van der Waals surface area contributed by atoms with Crippen LogP contribution >= 0.6 is 0 Å². The molecule has 3 N–H and O–H groups in total. The fourth-order valence-corrected chi connectivity index (χ4v) is 8.17. The van der Waals surface area contributed by atoms with Gasteiger partial charge in [-0.25, -0.2) is 9.97 Å². The fraction of sp³-hybridized carbons (Fsp3) is 0.488. The van der Waals surface area contributed by atoms with Crippen molar-refractivity contribution >= 4 is 40.4 Å². The second-order valence-electron chi connectivity index (χ2n) is 15.6. The zero-order valence-corrected chi connectivity index (χ0v) is 31.9. The third-order valence-corrected chi connectivity index (χ3v) is 11.1. The van der Waals surface area contributed by atoms with Crippen LogP contribution in [0.25, 0.3) is 5.65 Å². The number of hydrogen-bond acceptors (Lipinski definition) is 9. The molecule has 0 radical (unpaired) electrons. The van der Waals surface area contributed by atoms with Crippen molar-refractivity contribution in [3.05, 3.63) is 78.0 Å². The number of alkyl halides is 3. The number of carbonyl (C=O) groups is 3. The number of aromatic nitrogens is 3. The van der Waals surface area contributed by atoms with E-state index in [2.05, 4.69) is 49.9 Å². The van der Waals surface area contributed by atoms with Gasteiger partial charge in [0, 0.05) is 67.8 Å². The predicted molar refractivity (Wildman–Crippen MR) is 207 cm³/mol. The molecular formula is C41H49F3N8O4. The van der Waals surface area contributed by atoms with E-state index in [1.807, 2.05) is 36.6 Å². The van der Waals surface area contributed by atoms with E-state index in [0.717, 1.165) is 87.4 Å². The molecule has 3 fully saturated rings. The molecule has 3 aromatic heterocycles. The van der Waals surface area contributed by atoms with Gasteiger partial charge in [0.25, 0.3) is 5.91 Å². The Kier molecular flexibility index (Phi) is 11.5. The Morgan fingerprint density at radius 1 is 0.982 bits per heavy atom. The lowest BCUT2D eigenvalue weighted by Gasteiger charge is -2.40. The number of amides is 3. The molecule has 1 saturated carbocycles. The van der Waals surface area contributed by atoms with Gasteiger partial charge in [-0.2, -0.15) is 13.2 Å². The minimum Gasteiger partial charge on any atom is -0.489 e. The standard InChI is InChI=1S/C41H49F3N8O4/c1-25(2)56-35-21-37-47-33(23-52(37)24-34(35)48-39(54)31-8-5-9-36(46-31)41(42,43)44)27-12-10-26(11-13-27)22-50(3)29-16-18-51(19-17-29)30-7-4-6-28(20-30)45-32-14-15-38(53)49-40(32)55/h4-9,20-21,23-27,29,32,45H,10-19,22H2,1-3H3,(H,48,54)(H,49,53,55)/t26-,27-,32?. The van der Waals surface area contributed by atoms with Crippen molar-refractivity contribution in [2.24, 2.45) is 5.92 Å². The molecule has 3 amide bonds. The molecule has 1 aromatic carbocycles. The lowest BCUT2D eigenvalue weighted by Crippen LogP contribution is -2.47. The van der Waals surface area contributed by atoms with Gasteiger partial charge in [0.2, 0.25) is 11.8 Å². The molecule has 12 nitrogen and oxygen atoms in total. The summed E-state index contributed by atoms with van der Waals surface area (Å²) in [5, 5.41) is 8.41. The van der Waals surface area contributed by atoms with E-state index in [1.165, 1.54) is 6.07 Å². The van der Waals surface area contributed by atoms with Gasteiger partial charge in [-0.15, -0.1) is 0 Å². The Balaban J connectivity index is 0.918. The number of nitrogens with zero attached hydrogens (tertiary/aromatic N) is 5. The third-order valence-electron chi connectivity index (χ3n) is 11.1. The molecular weight excluding hydrogens is 725 g/mol. The van der Waals surface area contributed by atoms with Crippen molar-refractivity contribution in [3.63, 3.8) is 0 Å². The number of imide groups is 1. The number of halogens is 3. The Bertz CT molecular complexity index is 2050. The van der Waals surface area contributed by atoms with Gasteiger partial charge in [0.05, 0.1) is 11.8 Å². The highest BCUT2D eigenvalue weighted by Crippen LogP contribution is 2.38. The van der Waals surface area contributed by atoms with Crippen LogP contribution in [0.4, 0.5) is 30.2 Å². The summed E-state index contributed by atoms with van der Waals surface area (Å²) < 4.78 is 47.5. The van der Waals surface area contributed by atoms with E-state index in [1.54, 1.807) is 12.3 Å². The molecule has 3 aliphatic rings. The van der Waals surface area contributed by atoms with E-state index < -0.39 is 23.8 Å². The monoisotopic (exact) mass is 774 g/mol. The van der Waals surface area contributed by atoms with Gasteiger partial charge >= 0.3 is 6.18 Å². The van der Waals surface area contributed by atoms with Crippen LogP contribution in [0.2, 0.25) is 0 Å². The summed E-state index contributed by atoms with van der Waals surface area (Å²) in [6, 6.07) is 13.2. The van der Waals surface area contributed by atoms with Gasteiger partial charge in [0.1, 0.15) is 34.5 Å². The molecule has 15 heteroatoms. The van der Waals surface area contributed by atoms with Crippen molar-refractivity contribution < 1.29 is 32.3 Å². The molecule has 7 rings (SSSR count). The average Bonchev–Trinajstić information content (AvgIpc) is 3.59. The quantitative estimate of drug-likeness (QED) is 0.140. The smallest absolute Gasteiger partial charge is 0.433 e. The van der Waals surface area contributed by atoms with Crippen LogP contribution in [0.5, 0.6) is 5.75 Å². The minimum atomic E-state index is -4.67. The van der Waals surface area contributed by atoms with Crippen molar-refractivity contribution in [1.29, 1.82) is 0 Å². The molecule has 2 saturated heterocycles. The van der Waals surface area contributed by atoms with Crippen LogP contribution in [-0.4, -0.2) is 81.9 Å². The molecule has 1 atom stereocenters. The second-order valence-corrected chi connectivity index (χ2v) is 15.6. The van der Waals surface area contributed by atoms with Gasteiger partial charge < -0.3 is 29.6 Å². The number of ether oxygens (including phenoxy) is 1. The number of carbonyl (C=O) groups excluding carboxylic acids is 3. The molecule has 0 bridgehead atoms. The van der Waals surface area contributed by atoms with Crippen molar-refractivity contribution in [2.45, 2.75) is 95.5 Å². The number of benzene rings is 1. The summed E-state index contributed by atoms with van der Waals surface area (Å²) in [5.41, 5.74) is 2.47. The molecule has 1 aliphatic carbocycles. The number of anilines is 3. The van der Waals surface area contributed by atoms with Crippen LogP contribution in [0.1, 0.15) is 93.0 Å². The predicted octanol–water partition coefficient (Wildman–Crippen LogP) is 6.88.